The lowest BCUT2D eigenvalue weighted by Crippen LogP contribution is -2.14. The first-order valence-corrected chi connectivity index (χ1v) is 8.27. The molecule has 0 atom stereocenters. The van der Waals surface area contributed by atoms with Gasteiger partial charge in [0.15, 0.2) is 4.80 Å². The van der Waals surface area contributed by atoms with E-state index in [0.717, 1.165) is 15.8 Å². The van der Waals surface area contributed by atoms with Crippen LogP contribution in [-0.4, -0.2) is 24.7 Å². The van der Waals surface area contributed by atoms with E-state index in [2.05, 4.69) is 4.99 Å². The fraction of sp³-hybridized carbons (Fsp3) is 0.222. The third-order valence-electron chi connectivity index (χ3n) is 3.76. The van der Waals surface area contributed by atoms with Gasteiger partial charge in [-0.15, -0.1) is 0 Å². The number of para-hydroxylation sites is 1. The zero-order chi connectivity index (χ0) is 17.1. The highest BCUT2D eigenvalue weighted by molar-refractivity contribution is 7.16. The molecule has 0 aliphatic heterocycles. The van der Waals surface area contributed by atoms with Crippen molar-refractivity contribution in [3.8, 4) is 11.5 Å². The molecule has 0 saturated carbocycles. The number of amides is 1. The first kappa shape index (κ1) is 16.3. The quantitative estimate of drug-likeness (QED) is 0.732. The highest BCUT2D eigenvalue weighted by Gasteiger charge is 2.11. The van der Waals surface area contributed by atoms with E-state index in [-0.39, 0.29) is 12.3 Å². The summed E-state index contributed by atoms with van der Waals surface area (Å²) in [5.74, 6) is 1.12. The zero-order valence-corrected chi connectivity index (χ0v) is 14.6. The lowest BCUT2D eigenvalue weighted by molar-refractivity contribution is -0.117. The summed E-state index contributed by atoms with van der Waals surface area (Å²) in [6.07, 6.45) is 0.161. The van der Waals surface area contributed by atoms with Crippen molar-refractivity contribution in [2.75, 3.05) is 14.2 Å². The van der Waals surface area contributed by atoms with Crippen molar-refractivity contribution in [1.82, 2.24) is 4.57 Å². The molecular formula is C18H18N2O3S. The Kier molecular flexibility index (Phi) is 4.66. The predicted octanol–water partition coefficient (Wildman–Crippen LogP) is 2.93. The molecule has 3 aromatic rings. The fourth-order valence-corrected chi connectivity index (χ4v) is 3.55. The lowest BCUT2D eigenvalue weighted by Gasteiger charge is -2.08. The minimum atomic E-state index is -0.219. The predicted molar refractivity (Wildman–Crippen MR) is 94.6 cm³/mol. The van der Waals surface area contributed by atoms with Crippen LogP contribution < -0.4 is 14.3 Å². The van der Waals surface area contributed by atoms with Crippen molar-refractivity contribution in [1.29, 1.82) is 0 Å². The van der Waals surface area contributed by atoms with Crippen LogP contribution in [0.4, 0.5) is 0 Å². The summed E-state index contributed by atoms with van der Waals surface area (Å²) in [6.45, 7) is 0. The molecule has 0 unspecified atom stereocenters. The largest absolute Gasteiger partial charge is 0.497 e. The van der Waals surface area contributed by atoms with Crippen LogP contribution in [0.25, 0.3) is 10.2 Å². The average Bonchev–Trinajstić information content (AvgIpc) is 2.91. The summed E-state index contributed by atoms with van der Waals surface area (Å²) in [4.78, 5) is 17.4. The van der Waals surface area contributed by atoms with Gasteiger partial charge >= 0.3 is 0 Å². The normalized spacial score (nSPS) is 11.7. The number of methoxy groups -OCH3 is 2. The Balaban J connectivity index is 1.94. The van der Waals surface area contributed by atoms with Gasteiger partial charge in [0.05, 0.1) is 30.9 Å². The summed E-state index contributed by atoms with van der Waals surface area (Å²) in [5.41, 5.74) is 1.82. The third-order valence-corrected chi connectivity index (χ3v) is 4.88. The first-order chi connectivity index (χ1) is 11.6. The van der Waals surface area contributed by atoms with Gasteiger partial charge in [0.1, 0.15) is 11.5 Å². The van der Waals surface area contributed by atoms with E-state index in [1.807, 2.05) is 35.9 Å². The number of ether oxygens (including phenoxy) is 2. The smallest absolute Gasteiger partial charge is 0.252 e. The van der Waals surface area contributed by atoms with Gasteiger partial charge in [0.25, 0.3) is 5.91 Å². The standard InChI is InChI=1S/C18H18N2O3S/c1-20-14-6-4-5-7-16(14)24-18(20)19-17(21)11-12-10-13(22-2)8-9-15(12)23-3/h4-10H,11H2,1-3H3. The van der Waals surface area contributed by atoms with Gasteiger partial charge < -0.3 is 14.0 Å². The van der Waals surface area contributed by atoms with Crippen LogP contribution in [0.1, 0.15) is 5.56 Å². The van der Waals surface area contributed by atoms with Crippen molar-refractivity contribution >= 4 is 27.5 Å². The van der Waals surface area contributed by atoms with Gasteiger partial charge in [-0.25, -0.2) is 0 Å². The summed E-state index contributed by atoms with van der Waals surface area (Å²) in [6, 6.07) is 13.4. The van der Waals surface area contributed by atoms with Gasteiger partial charge in [-0.1, -0.05) is 23.5 Å². The molecule has 5 nitrogen and oxygen atoms in total. The molecule has 6 heteroatoms. The zero-order valence-electron chi connectivity index (χ0n) is 13.8. The van der Waals surface area contributed by atoms with Gasteiger partial charge in [-0.05, 0) is 30.3 Å². The van der Waals surface area contributed by atoms with Crippen LogP contribution in [0.5, 0.6) is 11.5 Å². The van der Waals surface area contributed by atoms with Crippen molar-refractivity contribution < 1.29 is 14.3 Å². The maximum absolute atomic E-state index is 12.4. The van der Waals surface area contributed by atoms with Gasteiger partial charge in [-0.2, -0.15) is 4.99 Å². The maximum atomic E-state index is 12.4. The second-order valence-corrected chi connectivity index (χ2v) is 6.28. The Hall–Kier alpha value is -2.60. The molecule has 0 fully saturated rings. The molecule has 0 saturated heterocycles. The number of carbonyl (C=O) groups excluding carboxylic acids is 1. The number of thiazole rings is 1. The Morgan fingerprint density at radius 3 is 2.67 bits per heavy atom. The minimum absolute atomic E-state index is 0.161. The number of hydrogen-bond acceptors (Lipinski definition) is 4. The molecule has 0 aliphatic rings. The Morgan fingerprint density at radius 1 is 1.17 bits per heavy atom. The van der Waals surface area contributed by atoms with E-state index >= 15 is 0 Å². The van der Waals surface area contributed by atoms with Gasteiger partial charge in [-0.3, -0.25) is 4.79 Å². The highest BCUT2D eigenvalue weighted by atomic mass is 32.1. The van der Waals surface area contributed by atoms with E-state index < -0.39 is 0 Å². The summed E-state index contributed by atoms with van der Waals surface area (Å²) in [7, 11) is 5.09. The van der Waals surface area contributed by atoms with Crippen molar-refractivity contribution in [3.63, 3.8) is 0 Å². The first-order valence-electron chi connectivity index (χ1n) is 7.45. The topological polar surface area (TPSA) is 52.8 Å². The maximum Gasteiger partial charge on any atom is 0.252 e. The SMILES string of the molecule is COc1ccc(OC)c(CC(=O)N=c2sc3ccccc3n2C)c1. The van der Waals surface area contributed by atoms with E-state index in [9.17, 15) is 4.79 Å². The molecule has 1 aromatic heterocycles. The Labute approximate surface area is 143 Å². The monoisotopic (exact) mass is 342 g/mol. The number of aromatic nitrogens is 1. The van der Waals surface area contributed by atoms with E-state index in [1.54, 1.807) is 32.4 Å². The number of aryl methyl sites for hydroxylation is 1. The lowest BCUT2D eigenvalue weighted by atomic mass is 10.1. The van der Waals surface area contributed by atoms with E-state index in [1.165, 1.54) is 11.3 Å². The number of hydrogen-bond donors (Lipinski definition) is 0. The number of fused-ring (bicyclic) bond motifs is 1. The molecule has 24 heavy (non-hydrogen) atoms. The molecule has 3 rings (SSSR count). The second-order valence-electron chi connectivity index (χ2n) is 5.27. The second kappa shape index (κ2) is 6.88. The van der Waals surface area contributed by atoms with Crippen LogP contribution in [-0.2, 0) is 18.3 Å². The number of carbonyl (C=O) groups is 1. The molecule has 124 valence electrons. The molecule has 1 heterocycles. The summed E-state index contributed by atoms with van der Waals surface area (Å²) < 4.78 is 13.6. The minimum Gasteiger partial charge on any atom is -0.497 e. The number of benzene rings is 2. The Bertz CT molecular complexity index is 956. The van der Waals surface area contributed by atoms with Crippen LogP contribution in [0.15, 0.2) is 47.5 Å². The summed E-state index contributed by atoms with van der Waals surface area (Å²) >= 11 is 1.50. The van der Waals surface area contributed by atoms with Gasteiger partial charge in [0, 0.05) is 12.6 Å². The van der Waals surface area contributed by atoms with Crippen LogP contribution in [0.2, 0.25) is 0 Å². The fourth-order valence-electron chi connectivity index (χ4n) is 2.52. The molecule has 0 N–H and O–H groups in total. The molecule has 0 aliphatic carbocycles. The molecule has 0 bridgehead atoms. The summed E-state index contributed by atoms with van der Waals surface area (Å²) in [5, 5.41) is 0. The van der Waals surface area contributed by atoms with E-state index in [0.29, 0.717) is 16.3 Å². The van der Waals surface area contributed by atoms with Crippen molar-refractivity contribution in [3.05, 3.63) is 52.8 Å². The molecule has 0 radical (unpaired) electrons. The van der Waals surface area contributed by atoms with E-state index in [4.69, 9.17) is 9.47 Å². The van der Waals surface area contributed by atoms with Crippen molar-refractivity contribution in [2.45, 2.75) is 6.42 Å². The molecule has 1 amide bonds. The highest BCUT2D eigenvalue weighted by Crippen LogP contribution is 2.24. The van der Waals surface area contributed by atoms with Crippen molar-refractivity contribution in [2.24, 2.45) is 12.0 Å². The third kappa shape index (κ3) is 3.19. The molecule has 2 aromatic carbocycles. The van der Waals surface area contributed by atoms with Crippen LogP contribution in [0, 0.1) is 0 Å². The number of nitrogens with zero attached hydrogens (tertiary/aromatic N) is 2. The Morgan fingerprint density at radius 2 is 1.96 bits per heavy atom. The van der Waals surface area contributed by atoms with Crippen LogP contribution in [0.3, 0.4) is 0 Å². The average molecular weight is 342 g/mol. The number of rotatable bonds is 4. The molecule has 0 spiro atoms. The molecular weight excluding hydrogens is 324 g/mol. The van der Waals surface area contributed by atoms with Gasteiger partial charge in [0.2, 0.25) is 0 Å². The van der Waals surface area contributed by atoms with Crippen LogP contribution >= 0.6 is 11.3 Å².